The van der Waals surface area contributed by atoms with Crippen LogP contribution in [0, 0.1) is 0 Å². The second-order valence-electron chi connectivity index (χ2n) is 4.79. The number of aromatic nitrogens is 3. The molecule has 0 unspecified atom stereocenters. The summed E-state index contributed by atoms with van der Waals surface area (Å²) >= 11 is 0. The quantitative estimate of drug-likeness (QED) is 0.595. The Bertz CT molecular complexity index is 782. The van der Waals surface area contributed by atoms with Crippen LogP contribution in [0.1, 0.15) is 15.9 Å². The minimum Gasteiger partial charge on any atom is -0.291 e. The summed E-state index contributed by atoms with van der Waals surface area (Å²) in [7, 11) is 0. The van der Waals surface area contributed by atoms with E-state index >= 15 is 0 Å². The van der Waals surface area contributed by atoms with Gasteiger partial charge in [-0.05, 0) is 17.7 Å². The van der Waals surface area contributed by atoms with E-state index in [4.69, 9.17) is 0 Å². The number of carbonyl (C=O) groups excluding carboxylic acids is 1. The molecule has 3 rings (SSSR count). The number of hydrogen-bond acceptors (Lipinski definition) is 4. The Labute approximate surface area is 133 Å². The summed E-state index contributed by atoms with van der Waals surface area (Å²) in [6, 6.07) is 18.8. The third kappa shape index (κ3) is 3.88. The molecule has 1 aromatic heterocycles. The van der Waals surface area contributed by atoms with Crippen molar-refractivity contribution in [2.75, 3.05) is 0 Å². The number of nitrogens with zero attached hydrogens (tertiary/aromatic N) is 4. The molecule has 0 aliphatic carbocycles. The van der Waals surface area contributed by atoms with Gasteiger partial charge in [-0.25, -0.2) is 9.98 Å². The first-order valence-electron chi connectivity index (χ1n) is 7.13. The maximum absolute atomic E-state index is 12.3. The largest absolute Gasteiger partial charge is 0.291 e. The molecule has 6 heteroatoms. The van der Waals surface area contributed by atoms with Crippen LogP contribution in [0.4, 0.5) is 0 Å². The lowest BCUT2D eigenvalue weighted by Gasteiger charge is -2.08. The molecule has 2 aromatic carbocycles. The van der Waals surface area contributed by atoms with E-state index in [1.54, 1.807) is 12.1 Å². The number of carbonyl (C=O) groups is 1. The van der Waals surface area contributed by atoms with E-state index < -0.39 is 0 Å². The van der Waals surface area contributed by atoms with Gasteiger partial charge in [-0.1, -0.05) is 48.5 Å². The van der Waals surface area contributed by atoms with Crippen LogP contribution < -0.4 is 5.32 Å². The van der Waals surface area contributed by atoms with Crippen LogP contribution in [-0.4, -0.2) is 26.6 Å². The molecule has 0 aliphatic rings. The van der Waals surface area contributed by atoms with Crippen molar-refractivity contribution in [1.82, 2.24) is 20.1 Å². The second kappa shape index (κ2) is 7.13. The lowest BCUT2D eigenvalue weighted by molar-refractivity contribution is 0.0975. The predicted molar refractivity (Wildman–Crippen MR) is 86.9 cm³/mol. The number of hydrogen-bond donors (Lipinski definition) is 1. The van der Waals surface area contributed by atoms with Crippen LogP contribution >= 0.6 is 0 Å². The van der Waals surface area contributed by atoms with Crippen molar-refractivity contribution >= 4 is 11.9 Å². The number of rotatable bonds is 3. The second-order valence-corrected chi connectivity index (χ2v) is 4.79. The first-order valence-corrected chi connectivity index (χ1v) is 7.13. The molecule has 0 saturated carbocycles. The zero-order valence-electron chi connectivity index (χ0n) is 12.3. The van der Waals surface area contributed by atoms with E-state index in [-0.39, 0.29) is 5.91 Å². The van der Waals surface area contributed by atoms with Gasteiger partial charge in [-0.2, -0.15) is 9.78 Å². The van der Waals surface area contributed by atoms with Crippen molar-refractivity contribution in [3.05, 3.63) is 84.4 Å². The summed E-state index contributed by atoms with van der Waals surface area (Å²) in [5.41, 5.74) is 1.60. The van der Waals surface area contributed by atoms with Crippen molar-refractivity contribution in [1.29, 1.82) is 0 Å². The van der Waals surface area contributed by atoms with Crippen LogP contribution in [-0.2, 0) is 6.54 Å². The van der Waals surface area contributed by atoms with Gasteiger partial charge in [0.15, 0.2) is 0 Å². The zero-order valence-corrected chi connectivity index (χ0v) is 12.3. The van der Waals surface area contributed by atoms with E-state index in [2.05, 4.69) is 20.4 Å². The summed E-state index contributed by atoms with van der Waals surface area (Å²) in [4.78, 5) is 20.7. The SMILES string of the molecule is O=C(NC(=NCc1ccccc1)n1cncn1)c1ccccc1. The summed E-state index contributed by atoms with van der Waals surface area (Å²) in [6.07, 6.45) is 2.89. The molecule has 1 amide bonds. The minimum absolute atomic E-state index is 0.243. The van der Waals surface area contributed by atoms with Gasteiger partial charge < -0.3 is 0 Å². The molecule has 6 nitrogen and oxygen atoms in total. The van der Waals surface area contributed by atoms with E-state index in [0.717, 1.165) is 5.56 Å². The fourth-order valence-electron chi connectivity index (χ4n) is 2.00. The third-order valence-corrected chi connectivity index (χ3v) is 3.15. The van der Waals surface area contributed by atoms with E-state index in [0.29, 0.717) is 18.1 Å². The first-order chi connectivity index (χ1) is 11.3. The van der Waals surface area contributed by atoms with E-state index in [9.17, 15) is 4.79 Å². The highest BCUT2D eigenvalue weighted by atomic mass is 16.1. The van der Waals surface area contributed by atoms with Crippen molar-refractivity contribution in [2.24, 2.45) is 4.99 Å². The Hall–Kier alpha value is -3.28. The highest BCUT2D eigenvalue weighted by Crippen LogP contribution is 2.02. The van der Waals surface area contributed by atoms with E-state index in [1.807, 2.05) is 48.5 Å². The van der Waals surface area contributed by atoms with Crippen molar-refractivity contribution in [3.8, 4) is 0 Å². The minimum atomic E-state index is -0.243. The molecule has 0 spiro atoms. The average Bonchev–Trinajstić information content (AvgIpc) is 3.14. The molecule has 114 valence electrons. The molecular formula is C17H15N5O. The maximum Gasteiger partial charge on any atom is 0.258 e. The number of nitrogens with one attached hydrogen (secondary N) is 1. The van der Waals surface area contributed by atoms with Gasteiger partial charge in [-0.15, -0.1) is 0 Å². The first kappa shape index (κ1) is 14.6. The summed E-state index contributed by atoms with van der Waals surface area (Å²) in [5, 5.41) is 6.81. The molecule has 0 radical (unpaired) electrons. The molecule has 0 atom stereocenters. The Morgan fingerprint density at radius 1 is 1.04 bits per heavy atom. The topological polar surface area (TPSA) is 72.2 Å². The van der Waals surface area contributed by atoms with Gasteiger partial charge in [0, 0.05) is 5.56 Å². The average molecular weight is 305 g/mol. The van der Waals surface area contributed by atoms with Gasteiger partial charge in [-0.3, -0.25) is 10.1 Å². The predicted octanol–water partition coefficient (Wildman–Crippen LogP) is 2.11. The molecule has 0 bridgehead atoms. The van der Waals surface area contributed by atoms with E-state index in [1.165, 1.54) is 17.3 Å². The van der Waals surface area contributed by atoms with Crippen LogP contribution in [0.2, 0.25) is 0 Å². The molecule has 0 aliphatic heterocycles. The Kier molecular flexibility index (Phi) is 4.54. The van der Waals surface area contributed by atoms with Crippen LogP contribution in [0.25, 0.3) is 0 Å². The number of amides is 1. The standard InChI is InChI=1S/C17H15N5O/c23-16(15-9-5-2-6-10-15)21-17(22-13-18-12-20-22)19-11-14-7-3-1-4-8-14/h1-10,12-13H,11H2,(H,19,21,23). The molecule has 3 aromatic rings. The monoisotopic (exact) mass is 305 g/mol. The number of benzene rings is 2. The Balaban J connectivity index is 1.81. The highest BCUT2D eigenvalue weighted by Gasteiger charge is 2.10. The summed E-state index contributed by atoms with van der Waals surface area (Å²) < 4.78 is 1.43. The molecule has 0 saturated heterocycles. The normalized spacial score (nSPS) is 11.2. The lowest BCUT2D eigenvalue weighted by atomic mass is 10.2. The fraction of sp³-hybridized carbons (Fsp3) is 0.0588. The molecule has 1 N–H and O–H groups in total. The maximum atomic E-state index is 12.3. The van der Waals surface area contributed by atoms with Crippen LogP contribution in [0.15, 0.2) is 78.3 Å². The molecular weight excluding hydrogens is 290 g/mol. The van der Waals surface area contributed by atoms with Gasteiger partial charge in [0.05, 0.1) is 6.54 Å². The molecule has 0 fully saturated rings. The Morgan fingerprint density at radius 3 is 2.39 bits per heavy atom. The number of aliphatic imine (C=N–C) groups is 1. The lowest BCUT2D eigenvalue weighted by Crippen LogP contribution is -2.36. The van der Waals surface area contributed by atoms with Gasteiger partial charge in [0.25, 0.3) is 5.91 Å². The van der Waals surface area contributed by atoms with Gasteiger partial charge >= 0.3 is 0 Å². The summed E-state index contributed by atoms with van der Waals surface area (Å²) in [6.45, 7) is 0.436. The molecule has 1 heterocycles. The smallest absolute Gasteiger partial charge is 0.258 e. The highest BCUT2D eigenvalue weighted by molar-refractivity contribution is 6.06. The Morgan fingerprint density at radius 2 is 1.74 bits per heavy atom. The van der Waals surface area contributed by atoms with Crippen LogP contribution in [0.5, 0.6) is 0 Å². The van der Waals surface area contributed by atoms with Crippen molar-refractivity contribution < 1.29 is 4.79 Å². The zero-order chi connectivity index (χ0) is 15.9. The van der Waals surface area contributed by atoms with Gasteiger partial charge in [0.2, 0.25) is 5.96 Å². The van der Waals surface area contributed by atoms with Gasteiger partial charge in [0.1, 0.15) is 12.7 Å². The summed E-state index contributed by atoms with van der Waals surface area (Å²) in [5.74, 6) is 0.0908. The third-order valence-electron chi connectivity index (χ3n) is 3.15. The van der Waals surface area contributed by atoms with Crippen molar-refractivity contribution in [3.63, 3.8) is 0 Å². The van der Waals surface area contributed by atoms with Crippen molar-refractivity contribution in [2.45, 2.75) is 6.54 Å². The fourth-order valence-corrected chi connectivity index (χ4v) is 2.00. The van der Waals surface area contributed by atoms with Crippen LogP contribution in [0.3, 0.4) is 0 Å². The molecule has 23 heavy (non-hydrogen) atoms.